The molecule has 120 valence electrons. The van der Waals surface area contributed by atoms with Crippen molar-refractivity contribution in [3.8, 4) is 0 Å². The predicted octanol–water partition coefficient (Wildman–Crippen LogP) is 5.07. The lowest BCUT2D eigenvalue weighted by molar-refractivity contribution is 0.252. The summed E-state index contributed by atoms with van der Waals surface area (Å²) in [7, 11) is 0. The predicted molar refractivity (Wildman–Crippen MR) is 95.6 cm³/mol. The van der Waals surface area contributed by atoms with Crippen molar-refractivity contribution in [1.82, 2.24) is 0 Å². The second-order valence-electron chi connectivity index (χ2n) is 7.36. The van der Waals surface area contributed by atoms with Crippen LogP contribution in [0.25, 0.3) is 0 Å². The summed E-state index contributed by atoms with van der Waals surface area (Å²) in [5.41, 5.74) is 0. The van der Waals surface area contributed by atoms with E-state index in [4.69, 9.17) is 9.98 Å². The molecule has 2 heteroatoms. The minimum absolute atomic E-state index is 0.0766. The van der Waals surface area contributed by atoms with E-state index in [1.165, 1.54) is 38.5 Å². The van der Waals surface area contributed by atoms with Gasteiger partial charge in [0.1, 0.15) is 6.17 Å². The van der Waals surface area contributed by atoms with Crippen LogP contribution in [0.15, 0.2) is 34.3 Å². The van der Waals surface area contributed by atoms with Crippen molar-refractivity contribution in [2.24, 2.45) is 39.6 Å². The molecule has 2 aliphatic carbocycles. The lowest BCUT2D eigenvalue weighted by Crippen LogP contribution is -2.28. The molecule has 3 rings (SSSR count). The zero-order chi connectivity index (χ0) is 15.4. The minimum Gasteiger partial charge on any atom is -0.269 e. The molecular weight excluding hydrogens is 268 g/mol. The summed E-state index contributed by atoms with van der Waals surface area (Å²) in [6.45, 7) is 4.52. The number of nitrogens with zero attached hydrogens (tertiary/aromatic N) is 2. The monoisotopic (exact) mass is 298 g/mol. The van der Waals surface area contributed by atoms with Crippen molar-refractivity contribution < 1.29 is 0 Å². The van der Waals surface area contributed by atoms with Gasteiger partial charge in [0.2, 0.25) is 0 Å². The van der Waals surface area contributed by atoms with E-state index in [-0.39, 0.29) is 6.17 Å². The summed E-state index contributed by atoms with van der Waals surface area (Å²) in [5, 5.41) is 0. The van der Waals surface area contributed by atoms with E-state index in [9.17, 15) is 0 Å². The third-order valence-corrected chi connectivity index (χ3v) is 5.57. The molecule has 1 fully saturated rings. The van der Waals surface area contributed by atoms with Gasteiger partial charge in [0.15, 0.2) is 0 Å². The first-order chi connectivity index (χ1) is 10.8. The van der Waals surface area contributed by atoms with Gasteiger partial charge in [0.25, 0.3) is 0 Å². The van der Waals surface area contributed by atoms with E-state index in [0.717, 1.165) is 11.8 Å². The van der Waals surface area contributed by atoms with Crippen LogP contribution < -0.4 is 0 Å². The molecule has 22 heavy (non-hydrogen) atoms. The van der Waals surface area contributed by atoms with Crippen molar-refractivity contribution in [2.45, 2.75) is 58.5 Å². The maximum atomic E-state index is 4.76. The quantitative estimate of drug-likeness (QED) is 0.647. The molecule has 1 heterocycles. The fourth-order valence-electron chi connectivity index (χ4n) is 4.10. The molecular formula is C20H30N2. The molecule has 3 aliphatic rings. The maximum absolute atomic E-state index is 4.76. The first-order valence-corrected chi connectivity index (χ1v) is 9.19. The van der Waals surface area contributed by atoms with Crippen LogP contribution in [0.2, 0.25) is 0 Å². The van der Waals surface area contributed by atoms with Gasteiger partial charge in [-0.25, -0.2) is 0 Å². The van der Waals surface area contributed by atoms with Crippen LogP contribution in [0, 0.1) is 29.6 Å². The van der Waals surface area contributed by atoms with E-state index in [2.05, 4.69) is 50.6 Å². The third-order valence-electron chi connectivity index (χ3n) is 5.57. The highest BCUT2D eigenvalue weighted by atomic mass is 15.0. The molecule has 0 aromatic heterocycles. The first kappa shape index (κ1) is 15.7. The van der Waals surface area contributed by atoms with Gasteiger partial charge in [-0.05, 0) is 30.6 Å². The van der Waals surface area contributed by atoms with Gasteiger partial charge in [0, 0.05) is 24.3 Å². The average Bonchev–Trinajstić information content (AvgIpc) is 2.57. The lowest BCUT2D eigenvalue weighted by atomic mass is 9.75. The number of aliphatic imine (C=N–C) groups is 2. The van der Waals surface area contributed by atoms with Gasteiger partial charge in [-0.3, -0.25) is 9.98 Å². The van der Waals surface area contributed by atoms with Gasteiger partial charge in [-0.1, -0.05) is 63.8 Å². The van der Waals surface area contributed by atoms with Crippen molar-refractivity contribution in [3.63, 3.8) is 0 Å². The Bertz CT molecular complexity index is 438. The van der Waals surface area contributed by atoms with Crippen molar-refractivity contribution >= 4 is 12.4 Å². The molecule has 0 spiro atoms. The molecule has 0 N–H and O–H groups in total. The first-order valence-electron chi connectivity index (χ1n) is 9.19. The Morgan fingerprint density at radius 3 is 2.09 bits per heavy atom. The molecule has 0 amide bonds. The summed E-state index contributed by atoms with van der Waals surface area (Å²) in [6, 6.07) is 0. The molecule has 0 bridgehead atoms. The van der Waals surface area contributed by atoms with Crippen LogP contribution in [-0.2, 0) is 0 Å². The van der Waals surface area contributed by atoms with Gasteiger partial charge < -0.3 is 0 Å². The number of hydrogen-bond acceptors (Lipinski definition) is 2. The van der Waals surface area contributed by atoms with E-state index < -0.39 is 0 Å². The van der Waals surface area contributed by atoms with Gasteiger partial charge in [0.05, 0.1) is 0 Å². The minimum atomic E-state index is 0.0766. The molecule has 2 nitrogen and oxygen atoms in total. The Kier molecular flexibility index (Phi) is 5.28. The van der Waals surface area contributed by atoms with Gasteiger partial charge in [-0.15, -0.1) is 0 Å². The lowest BCUT2D eigenvalue weighted by Gasteiger charge is -2.32. The van der Waals surface area contributed by atoms with Crippen molar-refractivity contribution in [3.05, 3.63) is 24.3 Å². The Hall–Kier alpha value is -1.18. The van der Waals surface area contributed by atoms with Crippen LogP contribution in [0.1, 0.15) is 52.4 Å². The Labute approximate surface area is 135 Å². The van der Waals surface area contributed by atoms with E-state index in [0.29, 0.717) is 17.8 Å². The summed E-state index contributed by atoms with van der Waals surface area (Å²) >= 11 is 0. The Balaban J connectivity index is 1.51. The smallest absolute Gasteiger partial charge is 0.148 e. The largest absolute Gasteiger partial charge is 0.269 e. The van der Waals surface area contributed by atoms with Gasteiger partial charge in [-0.2, -0.15) is 0 Å². The molecule has 0 aromatic rings. The zero-order valence-corrected chi connectivity index (χ0v) is 14.1. The van der Waals surface area contributed by atoms with Crippen LogP contribution in [-0.4, -0.2) is 18.6 Å². The van der Waals surface area contributed by atoms with Crippen molar-refractivity contribution in [2.75, 3.05) is 0 Å². The molecule has 0 aromatic carbocycles. The highest BCUT2D eigenvalue weighted by Gasteiger charge is 2.28. The van der Waals surface area contributed by atoms with Crippen LogP contribution in [0.4, 0.5) is 0 Å². The zero-order valence-electron chi connectivity index (χ0n) is 14.1. The number of rotatable bonds is 4. The molecule has 0 atom stereocenters. The topological polar surface area (TPSA) is 24.7 Å². The fraction of sp³-hybridized carbons (Fsp3) is 0.700. The average molecular weight is 298 g/mol. The standard InChI is InChI=1S/C20H30N2/c1-3-4-16-7-11-17(12-8-16)19-13-21-20(22-14-19)18-9-5-15(2)6-10-18/h5-6,9-10,13-20H,3-4,7-8,11-12H2,1-2H3. The Morgan fingerprint density at radius 2 is 1.50 bits per heavy atom. The summed E-state index contributed by atoms with van der Waals surface area (Å²) in [6.07, 6.45) is 21.8. The third kappa shape index (κ3) is 3.77. The van der Waals surface area contributed by atoms with Crippen molar-refractivity contribution in [1.29, 1.82) is 0 Å². The SMILES string of the molecule is CCCC1CCC(C2C=NC(C3C=CC(C)C=C3)N=C2)CC1. The molecule has 0 unspecified atom stereocenters. The van der Waals surface area contributed by atoms with Gasteiger partial charge >= 0.3 is 0 Å². The van der Waals surface area contributed by atoms with E-state index >= 15 is 0 Å². The highest BCUT2D eigenvalue weighted by Crippen LogP contribution is 2.35. The molecule has 1 saturated carbocycles. The highest BCUT2D eigenvalue weighted by molar-refractivity contribution is 5.85. The summed E-state index contributed by atoms with van der Waals surface area (Å²) < 4.78 is 0. The summed E-state index contributed by atoms with van der Waals surface area (Å²) in [4.78, 5) is 9.53. The fourth-order valence-corrected chi connectivity index (χ4v) is 4.10. The molecule has 0 radical (unpaired) electrons. The van der Waals surface area contributed by atoms with Crippen LogP contribution in [0.5, 0.6) is 0 Å². The van der Waals surface area contributed by atoms with Crippen LogP contribution >= 0.6 is 0 Å². The normalized spacial score (nSPS) is 41.0. The number of allylic oxidation sites excluding steroid dienone is 2. The molecule has 0 saturated heterocycles. The second kappa shape index (κ2) is 7.39. The van der Waals surface area contributed by atoms with Crippen LogP contribution in [0.3, 0.4) is 0 Å². The van der Waals surface area contributed by atoms with E-state index in [1.807, 2.05) is 0 Å². The number of hydrogen-bond donors (Lipinski definition) is 0. The maximum Gasteiger partial charge on any atom is 0.148 e. The second-order valence-corrected chi connectivity index (χ2v) is 7.36. The van der Waals surface area contributed by atoms with E-state index in [1.54, 1.807) is 0 Å². The molecule has 1 aliphatic heterocycles. The Morgan fingerprint density at radius 1 is 0.864 bits per heavy atom. The summed E-state index contributed by atoms with van der Waals surface area (Å²) in [5.74, 6) is 3.14.